The molecule has 1 fully saturated rings. The van der Waals surface area contributed by atoms with Crippen molar-refractivity contribution < 1.29 is 36.0 Å². The summed E-state index contributed by atoms with van der Waals surface area (Å²) in [6, 6.07) is 6.33. The van der Waals surface area contributed by atoms with Gasteiger partial charge in [0.1, 0.15) is 5.69 Å². The molecule has 1 aromatic heterocycles. The van der Waals surface area contributed by atoms with Gasteiger partial charge in [0.2, 0.25) is 15.9 Å². The van der Waals surface area contributed by atoms with Gasteiger partial charge in [-0.2, -0.15) is 17.5 Å². The second kappa shape index (κ2) is 9.67. The average Bonchev–Trinajstić information content (AvgIpc) is 2.76. The minimum absolute atomic E-state index is 0.0125. The van der Waals surface area contributed by atoms with E-state index in [1.165, 1.54) is 34.8 Å². The molecule has 14 heteroatoms. The number of halogens is 3. The van der Waals surface area contributed by atoms with E-state index in [1.807, 2.05) is 0 Å². The first kappa shape index (κ1) is 23.7. The number of ether oxygens (including phenoxy) is 2. The molecule has 1 saturated heterocycles. The molecular weight excluding hydrogens is 457 g/mol. The summed E-state index contributed by atoms with van der Waals surface area (Å²) >= 11 is 0. The number of pyridine rings is 1. The summed E-state index contributed by atoms with van der Waals surface area (Å²) in [4.78, 5) is 14.3. The third-order valence-corrected chi connectivity index (χ3v) is 6.36. The third kappa shape index (κ3) is 5.83. The fraction of sp³-hybridized carbons (Fsp3) is 0.389. The van der Waals surface area contributed by atoms with E-state index in [2.05, 4.69) is 10.3 Å². The van der Waals surface area contributed by atoms with Crippen molar-refractivity contribution in [1.29, 1.82) is 0 Å². The summed E-state index contributed by atoms with van der Waals surface area (Å²) in [6.45, 7) is -0.950. The molecule has 32 heavy (non-hydrogen) atoms. The quantitative estimate of drug-likeness (QED) is 0.456. The monoisotopic (exact) mass is 476 g/mol. The lowest BCUT2D eigenvalue weighted by Gasteiger charge is -2.26. The van der Waals surface area contributed by atoms with E-state index in [9.17, 15) is 31.7 Å². The lowest BCUT2D eigenvalue weighted by Crippen LogP contribution is -2.40. The number of nitrogens with zero attached hydrogens (tertiary/aromatic N) is 3. The molecule has 174 valence electrons. The fourth-order valence-corrected chi connectivity index (χ4v) is 4.37. The van der Waals surface area contributed by atoms with Crippen molar-refractivity contribution in [3.8, 4) is 5.88 Å². The van der Waals surface area contributed by atoms with E-state index < -0.39 is 33.4 Å². The Balaban J connectivity index is 1.80. The summed E-state index contributed by atoms with van der Waals surface area (Å²) in [7, 11) is -3.95. The summed E-state index contributed by atoms with van der Waals surface area (Å²) < 4.78 is 73.8. The number of sulfonamides is 1. The van der Waals surface area contributed by atoms with E-state index in [0.717, 1.165) is 6.07 Å². The van der Waals surface area contributed by atoms with Crippen molar-refractivity contribution in [2.24, 2.45) is 0 Å². The van der Waals surface area contributed by atoms with Crippen LogP contribution in [-0.4, -0.2) is 61.7 Å². The number of aromatic nitrogens is 1. The highest BCUT2D eigenvalue weighted by Crippen LogP contribution is 2.30. The maximum Gasteiger partial charge on any atom is 0.422 e. The van der Waals surface area contributed by atoms with Gasteiger partial charge in [-0.3, -0.25) is 10.1 Å². The number of hydrogen-bond donors (Lipinski definition) is 1. The highest BCUT2D eigenvalue weighted by Gasteiger charge is 2.30. The number of anilines is 1. The van der Waals surface area contributed by atoms with Crippen LogP contribution in [0, 0.1) is 10.1 Å². The molecule has 3 rings (SSSR count). The fourth-order valence-electron chi connectivity index (χ4n) is 2.94. The number of rotatable bonds is 8. The summed E-state index contributed by atoms with van der Waals surface area (Å²) in [6.07, 6.45) is -3.30. The van der Waals surface area contributed by atoms with Crippen LogP contribution in [0.5, 0.6) is 5.88 Å². The summed E-state index contributed by atoms with van der Waals surface area (Å²) in [5, 5.41) is 14.3. The Kier molecular flexibility index (Phi) is 7.16. The Morgan fingerprint density at radius 2 is 1.97 bits per heavy atom. The largest absolute Gasteiger partial charge is 0.468 e. The SMILES string of the molecule is O=[N+]([O-])c1cc(S(=O)(=O)N2CCOCC2)ccc1NCc1cccnc1OCC(F)(F)F. The second-order valence-electron chi connectivity index (χ2n) is 6.68. The number of morpholine rings is 1. The Hall–Kier alpha value is -2.97. The molecule has 10 nitrogen and oxygen atoms in total. The zero-order chi connectivity index (χ0) is 23.4. The van der Waals surface area contributed by atoms with E-state index in [-0.39, 0.29) is 54.9 Å². The lowest BCUT2D eigenvalue weighted by atomic mass is 10.2. The van der Waals surface area contributed by atoms with Gasteiger partial charge in [-0.1, -0.05) is 6.07 Å². The number of nitro benzene ring substituents is 1. The normalized spacial score (nSPS) is 15.3. The van der Waals surface area contributed by atoms with Crippen molar-refractivity contribution in [2.75, 3.05) is 38.2 Å². The van der Waals surface area contributed by atoms with Gasteiger partial charge < -0.3 is 14.8 Å². The molecule has 2 heterocycles. The Morgan fingerprint density at radius 1 is 1.25 bits per heavy atom. The first-order chi connectivity index (χ1) is 15.1. The number of alkyl halides is 3. The van der Waals surface area contributed by atoms with E-state index in [1.54, 1.807) is 0 Å². The van der Waals surface area contributed by atoms with Crippen molar-refractivity contribution >= 4 is 21.4 Å². The van der Waals surface area contributed by atoms with Gasteiger partial charge in [0.15, 0.2) is 6.61 Å². The lowest BCUT2D eigenvalue weighted by molar-refractivity contribution is -0.384. The number of benzene rings is 1. The zero-order valence-corrected chi connectivity index (χ0v) is 17.4. The molecule has 0 spiro atoms. The van der Waals surface area contributed by atoms with Crippen LogP contribution in [-0.2, 0) is 21.3 Å². The smallest absolute Gasteiger partial charge is 0.422 e. The molecule has 2 aromatic rings. The number of nitrogens with one attached hydrogen (secondary N) is 1. The molecule has 1 N–H and O–H groups in total. The van der Waals surface area contributed by atoms with Crippen molar-refractivity contribution in [2.45, 2.75) is 17.6 Å². The van der Waals surface area contributed by atoms with Crippen LogP contribution in [0.25, 0.3) is 0 Å². The predicted molar refractivity (Wildman–Crippen MR) is 106 cm³/mol. The van der Waals surface area contributed by atoms with Crippen molar-refractivity contribution in [1.82, 2.24) is 9.29 Å². The summed E-state index contributed by atoms with van der Waals surface area (Å²) in [5.41, 5.74) is -0.279. The highest BCUT2D eigenvalue weighted by molar-refractivity contribution is 7.89. The van der Waals surface area contributed by atoms with Crippen LogP contribution >= 0.6 is 0 Å². The zero-order valence-electron chi connectivity index (χ0n) is 16.5. The standard InChI is InChI=1S/C18H19F3N4O6S/c19-18(20,21)12-31-17-13(2-1-5-22-17)11-23-15-4-3-14(10-16(15)25(26)27)32(28,29)24-6-8-30-9-7-24/h1-5,10,23H,6-9,11-12H2. The Labute approximate surface area is 181 Å². The molecule has 0 amide bonds. The van der Waals surface area contributed by atoms with E-state index in [4.69, 9.17) is 9.47 Å². The molecule has 1 aliphatic heterocycles. The second-order valence-corrected chi connectivity index (χ2v) is 8.62. The van der Waals surface area contributed by atoms with Gasteiger partial charge in [-0.25, -0.2) is 13.4 Å². The third-order valence-electron chi connectivity index (χ3n) is 4.47. The minimum atomic E-state index is -4.55. The topological polar surface area (TPSA) is 124 Å². The van der Waals surface area contributed by atoms with Gasteiger partial charge in [0.05, 0.1) is 23.0 Å². The molecule has 0 saturated carbocycles. The Morgan fingerprint density at radius 3 is 2.62 bits per heavy atom. The molecule has 1 aromatic carbocycles. The molecule has 1 aliphatic rings. The predicted octanol–water partition coefficient (Wildman–Crippen LogP) is 2.56. The first-order valence-electron chi connectivity index (χ1n) is 9.31. The molecule has 0 radical (unpaired) electrons. The molecule has 0 aliphatic carbocycles. The van der Waals surface area contributed by atoms with Crippen LogP contribution in [0.2, 0.25) is 0 Å². The van der Waals surface area contributed by atoms with Gasteiger partial charge in [0, 0.05) is 37.5 Å². The number of nitro groups is 1. The van der Waals surface area contributed by atoms with Crippen molar-refractivity contribution in [3.05, 3.63) is 52.2 Å². The minimum Gasteiger partial charge on any atom is -0.468 e. The first-order valence-corrected chi connectivity index (χ1v) is 10.8. The Bertz CT molecular complexity index is 1070. The van der Waals surface area contributed by atoms with Crippen LogP contribution in [0.1, 0.15) is 5.56 Å². The molecular formula is C18H19F3N4O6S. The van der Waals surface area contributed by atoms with Gasteiger partial charge >= 0.3 is 6.18 Å². The van der Waals surface area contributed by atoms with Crippen molar-refractivity contribution in [3.63, 3.8) is 0 Å². The van der Waals surface area contributed by atoms with Crippen LogP contribution in [0.3, 0.4) is 0 Å². The van der Waals surface area contributed by atoms with Crippen LogP contribution in [0.15, 0.2) is 41.4 Å². The summed E-state index contributed by atoms with van der Waals surface area (Å²) in [5.74, 6) is -0.272. The molecule has 0 atom stereocenters. The van der Waals surface area contributed by atoms with E-state index in [0.29, 0.717) is 0 Å². The van der Waals surface area contributed by atoms with Gasteiger partial charge in [-0.15, -0.1) is 0 Å². The molecule has 0 unspecified atom stereocenters. The average molecular weight is 476 g/mol. The maximum atomic E-state index is 12.8. The maximum absolute atomic E-state index is 12.8. The van der Waals surface area contributed by atoms with Crippen LogP contribution in [0.4, 0.5) is 24.5 Å². The van der Waals surface area contributed by atoms with Gasteiger partial charge in [0.25, 0.3) is 5.69 Å². The number of hydrogen-bond acceptors (Lipinski definition) is 8. The van der Waals surface area contributed by atoms with E-state index >= 15 is 0 Å². The molecule has 0 bridgehead atoms. The van der Waals surface area contributed by atoms with Gasteiger partial charge in [-0.05, 0) is 18.2 Å². The highest BCUT2D eigenvalue weighted by atomic mass is 32.2. The van der Waals surface area contributed by atoms with Crippen LogP contribution < -0.4 is 10.1 Å².